The van der Waals surface area contributed by atoms with Crippen molar-refractivity contribution in [1.29, 1.82) is 0 Å². The van der Waals surface area contributed by atoms with Crippen LogP contribution in [0.1, 0.15) is 78.9 Å². The van der Waals surface area contributed by atoms with Gasteiger partial charge in [-0.3, -0.25) is 4.79 Å². The Hall–Kier alpha value is -1.35. The summed E-state index contributed by atoms with van der Waals surface area (Å²) in [5.41, 5.74) is 0.299. The molecule has 3 heteroatoms. The van der Waals surface area contributed by atoms with Gasteiger partial charge in [0.2, 0.25) is 0 Å². The second kappa shape index (κ2) is 7.96. The van der Waals surface area contributed by atoms with Crippen molar-refractivity contribution < 1.29 is 14.6 Å². The fourth-order valence-corrected chi connectivity index (χ4v) is 2.79. The lowest BCUT2D eigenvalue weighted by molar-refractivity contribution is -0.144. The minimum absolute atomic E-state index is 0.0948. The Kier molecular flexibility index (Phi) is 6.82. The molecule has 0 spiro atoms. The number of rotatable bonds is 8. The number of aliphatic hydroxyl groups is 1. The molecule has 0 radical (unpaired) electrons. The van der Waals surface area contributed by atoms with E-state index in [0.717, 1.165) is 31.2 Å². The van der Waals surface area contributed by atoms with Crippen molar-refractivity contribution in [3.05, 3.63) is 29.8 Å². The van der Waals surface area contributed by atoms with E-state index in [1.165, 1.54) is 0 Å². The third-order valence-electron chi connectivity index (χ3n) is 5.54. The SMILES string of the molecule is CCC(C)(C)C(=O)Oc1ccc(C(O)C(CC)(CC)CC)cc1. The van der Waals surface area contributed by atoms with Gasteiger partial charge in [-0.15, -0.1) is 0 Å². The molecule has 0 fully saturated rings. The number of ether oxygens (including phenoxy) is 1. The summed E-state index contributed by atoms with van der Waals surface area (Å²) < 4.78 is 5.45. The third kappa shape index (κ3) is 4.35. The zero-order valence-electron chi connectivity index (χ0n) is 15.5. The first-order valence-corrected chi connectivity index (χ1v) is 8.76. The molecule has 0 aliphatic rings. The van der Waals surface area contributed by atoms with E-state index in [1.54, 1.807) is 12.1 Å². The molecule has 0 aliphatic heterocycles. The van der Waals surface area contributed by atoms with Gasteiger partial charge in [0.15, 0.2) is 0 Å². The maximum atomic E-state index is 12.1. The fourth-order valence-electron chi connectivity index (χ4n) is 2.79. The van der Waals surface area contributed by atoms with Crippen LogP contribution in [0.2, 0.25) is 0 Å². The Morgan fingerprint density at radius 2 is 1.48 bits per heavy atom. The smallest absolute Gasteiger partial charge is 0.316 e. The second-order valence-corrected chi connectivity index (χ2v) is 7.02. The van der Waals surface area contributed by atoms with Crippen molar-refractivity contribution in [3.8, 4) is 5.75 Å². The minimum Gasteiger partial charge on any atom is -0.426 e. The lowest BCUT2D eigenvalue weighted by Gasteiger charge is -2.36. The van der Waals surface area contributed by atoms with Crippen LogP contribution >= 0.6 is 0 Å². The van der Waals surface area contributed by atoms with Crippen molar-refractivity contribution in [1.82, 2.24) is 0 Å². The predicted molar refractivity (Wildman–Crippen MR) is 94.4 cm³/mol. The first kappa shape index (κ1) is 19.7. The van der Waals surface area contributed by atoms with Crippen LogP contribution in [0.4, 0.5) is 0 Å². The number of hydrogen-bond acceptors (Lipinski definition) is 3. The summed E-state index contributed by atoms with van der Waals surface area (Å²) in [7, 11) is 0. The number of carbonyl (C=O) groups excluding carboxylic acids is 1. The van der Waals surface area contributed by atoms with Crippen LogP contribution in [0.5, 0.6) is 5.75 Å². The van der Waals surface area contributed by atoms with Crippen molar-refractivity contribution in [2.75, 3.05) is 0 Å². The highest BCUT2D eigenvalue weighted by Crippen LogP contribution is 2.43. The average Bonchev–Trinajstić information content (AvgIpc) is 2.57. The minimum atomic E-state index is -0.501. The van der Waals surface area contributed by atoms with Crippen molar-refractivity contribution >= 4 is 5.97 Å². The summed E-state index contributed by atoms with van der Waals surface area (Å²) in [6.07, 6.45) is 3.03. The number of benzene rings is 1. The number of esters is 1. The van der Waals surface area contributed by atoms with Gasteiger partial charge in [0, 0.05) is 0 Å². The summed E-state index contributed by atoms with van der Waals surface area (Å²) in [5, 5.41) is 10.8. The van der Waals surface area contributed by atoms with Gasteiger partial charge in [0.25, 0.3) is 0 Å². The molecule has 0 saturated heterocycles. The summed E-state index contributed by atoms with van der Waals surface area (Å²) >= 11 is 0. The van der Waals surface area contributed by atoms with E-state index in [1.807, 2.05) is 32.9 Å². The van der Waals surface area contributed by atoms with Crippen LogP contribution in [0, 0.1) is 10.8 Å². The van der Waals surface area contributed by atoms with Gasteiger partial charge in [-0.1, -0.05) is 39.8 Å². The molecule has 23 heavy (non-hydrogen) atoms. The third-order valence-corrected chi connectivity index (χ3v) is 5.54. The molecule has 1 N–H and O–H groups in total. The first-order chi connectivity index (χ1) is 10.8. The van der Waals surface area contributed by atoms with E-state index < -0.39 is 11.5 Å². The highest BCUT2D eigenvalue weighted by atomic mass is 16.5. The van der Waals surface area contributed by atoms with Gasteiger partial charge in [-0.05, 0) is 62.6 Å². The molecule has 0 aliphatic carbocycles. The maximum Gasteiger partial charge on any atom is 0.316 e. The molecule has 1 aromatic rings. The lowest BCUT2D eigenvalue weighted by Crippen LogP contribution is -2.28. The second-order valence-electron chi connectivity index (χ2n) is 7.02. The molecule has 0 bridgehead atoms. The summed E-state index contributed by atoms with van der Waals surface area (Å²) in [4.78, 5) is 12.1. The summed E-state index contributed by atoms with van der Waals surface area (Å²) in [6.45, 7) is 12.1. The molecule has 1 rings (SSSR count). The molecule has 0 saturated carbocycles. The largest absolute Gasteiger partial charge is 0.426 e. The Balaban J connectivity index is 2.90. The van der Waals surface area contributed by atoms with E-state index >= 15 is 0 Å². The quantitative estimate of drug-likeness (QED) is 0.524. The number of aliphatic hydroxyl groups excluding tert-OH is 1. The zero-order chi connectivity index (χ0) is 17.7. The molecule has 1 aromatic carbocycles. The van der Waals surface area contributed by atoms with Crippen molar-refractivity contribution in [2.45, 2.75) is 73.3 Å². The van der Waals surface area contributed by atoms with E-state index in [-0.39, 0.29) is 11.4 Å². The molecule has 0 heterocycles. The zero-order valence-corrected chi connectivity index (χ0v) is 15.5. The topological polar surface area (TPSA) is 46.5 Å². The Labute approximate surface area is 141 Å². The Bertz CT molecular complexity index is 490. The maximum absolute atomic E-state index is 12.1. The van der Waals surface area contributed by atoms with Crippen molar-refractivity contribution in [2.24, 2.45) is 10.8 Å². The molecular weight excluding hydrogens is 288 g/mol. The van der Waals surface area contributed by atoms with Gasteiger partial charge in [-0.2, -0.15) is 0 Å². The first-order valence-electron chi connectivity index (χ1n) is 8.76. The van der Waals surface area contributed by atoms with Crippen LogP contribution in [-0.2, 0) is 4.79 Å². The highest BCUT2D eigenvalue weighted by molar-refractivity contribution is 5.78. The van der Waals surface area contributed by atoms with Crippen LogP contribution in [0.3, 0.4) is 0 Å². The monoisotopic (exact) mass is 320 g/mol. The lowest BCUT2D eigenvalue weighted by atomic mass is 9.72. The van der Waals surface area contributed by atoms with E-state index in [2.05, 4.69) is 20.8 Å². The van der Waals surface area contributed by atoms with Gasteiger partial charge in [0.05, 0.1) is 11.5 Å². The Morgan fingerprint density at radius 3 is 1.87 bits per heavy atom. The Morgan fingerprint density at radius 1 is 1.00 bits per heavy atom. The predicted octanol–water partition coefficient (Wildman–Crippen LogP) is 5.28. The molecular formula is C20H32O3. The highest BCUT2D eigenvalue weighted by Gasteiger charge is 2.34. The number of hydrogen-bond donors (Lipinski definition) is 1. The van der Waals surface area contributed by atoms with Crippen LogP contribution < -0.4 is 4.74 Å². The van der Waals surface area contributed by atoms with Crippen molar-refractivity contribution in [3.63, 3.8) is 0 Å². The van der Waals surface area contributed by atoms with E-state index in [0.29, 0.717) is 5.75 Å². The van der Waals surface area contributed by atoms with Crippen LogP contribution in [0.25, 0.3) is 0 Å². The summed E-state index contributed by atoms with van der Waals surface area (Å²) in [5.74, 6) is 0.306. The van der Waals surface area contributed by atoms with Gasteiger partial charge in [0.1, 0.15) is 5.75 Å². The van der Waals surface area contributed by atoms with Crippen LogP contribution in [0.15, 0.2) is 24.3 Å². The molecule has 0 amide bonds. The molecule has 1 atom stereocenters. The van der Waals surface area contributed by atoms with E-state index in [4.69, 9.17) is 4.74 Å². The average molecular weight is 320 g/mol. The van der Waals surface area contributed by atoms with Gasteiger partial charge in [-0.25, -0.2) is 0 Å². The molecule has 130 valence electrons. The van der Waals surface area contributed by atoms with Gasteiger partial charge >= 0.3 is 5.97 Å². The normalized spacial score (nSPS) is 13.7. The fraction of sp³-hybridized carbons (Fsp3) is 0.650. The standard InChI is InChI=1S/C20H32O3/c1-7-19(5,6)18(22)23-16-13-11-15(12-14-16)17(21)20(8-2,9-3)10-4/h11-14,17,21H,7-10H2,1-6H3. The van der Waals surface area contributed by atoms with Crippen LogP contribution in [-0.4, -0.2) is 11.1 Å². The molecule has 1 unspecified atom stereocenters. The summed E-state index contributed by atoms with van der Waals surface area (Å²) in [6, 6.07) is 7.27. The molecule has 0 aromatic heterocycles. The molecule has 3 nitrogen and oxygen atoms in total. The number of carbonyl (C=O) groups is 1. The van der Waals surface area contributed by atoms with E-state index in [9.17, 15) is 9.90 Å². The van der Waals surface area contributed by atoms with Gasteiger partial charge < -0.3 is 9.84 Å².